The van der Waals surface area contributed by atoms with E-state index in [0.29, 0.717) is 19.6 Å². The fourth-order valence-corrected chi connectivity index (χ4v) is 3.35. The number of amides is 2. The summed E-state index contributed by atoms with van der Waals surface area (Å²) in [4.78, 5) is 30.0. The Balaban J connectivity index is 1.55. The third-order valence-electron chi connectivity index (χ3n) is 3.95. The van der Waals surface area contributed by atoms with Gasteiger partial charge in [0.2, 0.25) is 11.8 Å². The summed E-state index contributed by atoms with van der Waals surface area (Å²) in [5.41, 5.74) is 1.57. The Morgan fingerprint density at radius 2 is 2.04 bits per heavy atom. The Labute approximate surface area is 143 Å². The van der Waals surface area contributed by atoms with Crippen LogP contribution in [0.4, 0.5) is 4.39 Å². The molecule has 2 amide bonds. The molecule has 0 atom stereocenters. The van der Waals surface area contributed by atoms with Crippen molar-refractivity contribution in [2.24, 2.45) is 5.92 Å². The molecule has 1 fully saturated rings. The smallest absolute Gasteiger partial charge is 0.229 e. The lowest BCUT2D eigenvalue weighted by atomic mass is 9.99. The van der Waals surface area contributed by atoms with Crippen molar-refractivity contribution in [3.05, 3.63) is 40.5 Å². The highest BCUT2D eigenvalue weighted by Gasteiger charge is 2.35. The predicted molar refractivity (Wildman–Crippen MR) is 90.0 cm³/mol. The molecule has 7 heteroatoms. The van der Waals surface area contributed by atoms with E-state index >= 15 is 0 Å². The van der Waals surface area contributed by atoms with Crippen LogP contribution < -0.4 is 5.32 Å². The number of aromatic nitrogens is 1. The molecule has 0 spiro atoms. The molecule has 0 unspecified atom stereocenters. The van der Waals surface area contributed by atoms with Gasteiger partial charge in [0, 0.05) is 30.6 Å². The van der Waals surface area contributed by atoms with Gasteiger partial charge in [-0.2, -0.15) is 0 Å². The number of nitrogens with zero attached hydrogens (tertiary/aromatic N) is 2. The number of carbonyl (C=O) groups is 2. The molecule has 5 nitrogen and oxygen atoms in total. The summed E-state index contributed by atoms with van der Waals surface area (Å²) in [6, 6.07) is 6.12. The number of nitrogens with one attached hydrogen (secondary N) is 1. The molecule has 126 valence electrons. The van der Waals surface area contributed by atoms with Gasteiger partial charge in [-0.25, -0.2) is 9.37 Å². The van der Waals surface area contributed by atoms with Crippen LogP contribution in [0.3, 0.4) is 0 Å². The maximum absolute atomic E-state index is 13.0. The summed E-state index contributed by atoms with van der Waals surface area (Å²) in [6.07, 6.45) is 0.230. The Morgan fingerprint density at radius 3 is 2.71 bits per heavy atom. The minimum atomic E-state index is -0.288. The first kappa shape index (κ1) is 16.6. The van der Waals surface area contributed by atoms with E-state index in [4.69, 9.17) is 0 Å². The average molecular weight is 347 g/mol. The molecule has 1 aliphatic rings. The first-order chi connectivity index (χ1) is 11.6. The zero-order valence-electron chi connectivity index (χ0n) is 13.3. The van der Waals surface area contributed by atoms with Crippen molar-refractivity contribution in [2.75, 3.05) is 19.6 Å². The molecule has 0 aliphatic carbocycles. The molecule has 0 saturated carbocycles. The third-order valence-corrected chi connectivity index (χ3v) is 4.80. The molecular weight excluding hydrogens is 329 g/mol. The van der Waals surface area contributed by atoms with Crippen LogP contribution >= 0.6 is 11.3 Å². The molecule has 2 aromatic rings. The van der Waals surface area contributed by atoms with Gasteiger partial charge >= 0.3 is 0 Å². The van der Waals surface area contributed by atoms with E-state index in [9.17, 15) is 14.0 Å². The minimum absolute atomic E-state index is 0.00870. The normalized spacial score (nSPS) is 14.3. The van der Waals surface area contributed by atoms with Crippen molar-refractivity contribution in [3.8, 4) is 11.3 Å². The predicted octanol–water partition coefficient (Wildman–Crippen LogP) is 2.09. The largest absolute Gasteiger partial charge is 0.356 e. The zero-order valence-corrected chi connectivity index (χ0v) is 14.1. The van der Waals surface area contributed by atoms with Gasteiger partial charge in [0.25, 0.3) is 0 Å². The summed E-state index contributed by atoms with van der Waals surface area (Å²) in [5.74, 6) is -0.395. The van der Waals surface area contributed by atoms with Gasteiger partial charge in [0.05, 0.1) is 18.0 Å². The van der Waals surface area contributed by atoms with Crippen molar-refractivity contribution in [2.45, 2.75) is 13.3 Å². The van der Waals surface area contributed by atoms with Crippen LogP contribution in [0.1, 0.15) is 11.9 Å². The second-order valence-corrected chi connectivity index (χ2v) is 6.64. The summed E-state index contributed by atoms with van der Waals surface area (Å²) in [5, 5.41) is 5.36. The van der Waals surface area contributed by atoms with Gasteiger partial charge in [0.15, 0.2) is 0 Å². The number of rotatable bonds is 5. The highest BCUT2D eigenvalue weighted by atomic mass is 32.1. The van der Waals surface area contributed by atoms with Crippen LogP contribution in [-0.4, -0.2) is 41.3 Å². The molecule has 3 rings (SSSR count). The van der Waals surface area contributed by atoms with E-state index in [1.54, 1.807) is 17.0 Å². The SMILES string of the molecule is CCNC(=O)C1CN(C(=O)Cc2nc(-c3ccc(F)cc3)cs2)C1. The van der Waals surface area contributed by atoms with E-state index in [1.807, 2.05) is 12.3 Å². The summed E-state index contributed by atoms with van der Waals surface area (Å²) in [6.45, 7) is 3.43. The molecule has 1 saturated heterocycles. The van der Waals surface area contributed by atoms with Crippen LogP contribution in [-0.2, 0) is 16.0 Å². The van der Waals surface area contributed by atoms with E-state index < -0.39 is 0 Å². The van der Waals surface area contributed by atoms with Gasteiger partial charge in [-0.05, 0) is 31.2 Å². The Morgan fingerprint density at radius 1 is 1.33 bits per heavy atom. The van der Waals surface area contributed by atoms with E-state index in [1.165, 1.54) is 23.5 Å². The fraction of sp³-hybridized carbons (Fsp3) is 0.353. The van der Waals surface area contributed by atoms with Crippen LogP contribution in [0, 0.1) is 11.7 Å². The van der Waals surface area contributed by atoms with Crippen LogP contribution in [0.5, 0.6) is 0 Å². The van der Waals surface area contributed by atoms with E-state index in [0.717, 1.165) is 16.3 Å². The number of likely N-dealkylation sites (tertiary alicyclic amines) is 1. The minimum Gasteiger partial charge on any atom is -0.356 e. The number of benzene rings is 1. The Hall–Kier alpha value is -2.28. The van der Waals surface area contributed by atoms with Crippen molar-refractivity contribution in [1.82, 2.24) is 15.2 Å². The lowest BCUT2D eigenvalue weighted by Crippen LogP contribution is -2.56. The molecule has 2 heterocycles. The van der Waals surface area contributed by atoms with Crippen LogP contribution in [0.2, 0.25) is 0 Å². The lowest BCUT2D eigenvalue weighted by molar-refractivity contribution is -0.142. The highest BCUT2D eigenvalue weighted by molar-refractivity contribution is 7.10. The molecule has 1 aromatic heterocycles. The summed E-state index contributed by atoms with van der Waals surface area (Å²) < 4.78 is 13.0. The van der Waals surface area contributed by atoms with Gasteiger partial charge in [0.1, 0.15) is 10.8 Å². The molecule has 24 heavy (non-hydrogen) atoms. The fourth-order valence-electron chi connectivity index (χ4n) is 2.55. The number of hydrogen-bond acceptors (Lipinski definition) is 4. The molecule has 1 aliphatic heterocycles. The number of hydrogen-bond donors (Lipinski definition) is 1. The Kier molecular flexibility index (Phi) is 4.89. The Bertz CT molecular complexity index is 739. The zero-order chi connectivity index (χ0) is 17.1. The standard InChI is InChI=1S/C17H18FN3O2S/c1-2-19-17(23)12-8-21(9-12)16(22)7-15-20-14(10-24-15)11-3-5-13(18)6-4-11/h3-6,10,12H,2,7-9H2,1H3,(H,19,23). The number of thiazole rings is 1. The second-order valence-electron chi connectivity index (χ2n) is 5.70. The van der Waals surface area contributed by atoms with Crippen LogP contribution in [0.15, 0.2) is 29.6 Å². The number of halogens is 1. The summed E-state index contributed by atoms with van der Waals surface area (Å²) in [7, 11) is 0. The van der Waals surface area contributed by atoms with Gasteiger partial charge < -0.3 is 10.2 Å². The maximum atomic E-state index is 13.0. The maximum Gasteiger partial charge on any atom is 0.229 e. The monoisotopic (exact) mass is 347 g/mol. The molecular formula is C17H18FN3O2S. The average Bonchev–Trinajstić information content (AvgIpc) is 2.95. The molecule has 0 bridgehead atoms. The highest BCUT2D eigenvalue weighted by Crippen LogP contribution is 2.24. The van der Waals surface area contributed by atoms with E-state index in [-0.39, 0.29) is 30.0 Å². The van der Waals surface area contributed by atoms with Crippen molar-refractivity contribution >= 4 is 23.2 Å². The molecule has 0 radical (unpaired) electrons. The second kappa shape index (κ2) is 7.09. The third kappa shape index (κ3) is 3.62. The molecule has 1 N–H and O–H groups in total. The first-order valence-corrected chi connectivity index (χ1v) is 8.70. The van der Waals surface area contributed by atoms with E-state index in [2.05, 4.69) is 10.3 Å². The van der Waals surface area contributed by atoms with Crippen molar-refractivity contribution < 1.29 is 14.0 Å². The lowest BCUT2D eigenvalue weighted by Gasteiger charge is -2.38. The van der Waals surface area contributed by atoms with Gasteiger partial charge in [-0.15, -0.1) is 11.3 Å². The quantitative estimate of drug-likeness (QED) is 0.901. The first-order valence-electron chi connectivity index (χ1n) is 7.82. The summed E-state index contributed by atoms with van der Waals surface area (Å²) >= 11 is 1.41. The molecule has 1 aromatic carbocycles. The van der Waals surface area contributed by atoms with Gasteiger partial charge in [-0.1, -0.05) is 0 Å². The van der Waals surface area contributed by atoms with Crippen molar-refractivity contribution in [3.63, 3.8) is 0 Å². The topological polar surface area (TPSA) is 62.3 Å². The van der Waals surface area contributed by atoms with Crippen molar-refractivity contribution in [1.29, 1.82) is 0 Å². The van der Waals surface area contributed by atoms with Crippen LogP contribution in [0.25, 0.3) is 11.3 Å². The van der Waals surface area contributed by atoms with Gasteiger partial charge in [-0.3, -0.25) is 9.59 Å². The number of carbonyl (C=O) groups excluding carboxylic acids is 2.